The highest BCUT2D eigenvalue weighted by Gasteiger charge is 2.49. The van der Waals surface area contributed by atoms with Gasteiger partial charge in [0.15, 0.2) is 0 Å². The Morgan fingerprint density at radius 3 is 2.85 bits per heavy atom. The van der Waals surface area contributed by atoms with Gasteiger partial charge in [-0.1, -0.05) is 12.1 Å². The summed E-state index contributed by atoms with van der Waals surface area (Å²) < 4.78 is 0. The number of fused-ring (bicyclic) bond motifs is 2. The highest BCUT2D eigenvalue weighted by Crippen LogP contribution is 2.41. The standard InChI is InChI=1S/C20H24N4O3/c25-17-5-4-16(18(26)23-17)24-10-15-12(2-1-3-14(15)19(24)27)8-22-20-7-6-13(20)9-21-11-20/h1-3,13,16,21-22H,4-11H2,(H,23,25,26). The Bertz CT molecular complexity index is 839. The van der Waals surface area contributed by atoms with Crippen LogP contribution in [0.15, 0.2) is 18.2 Å². The van der Waals surface area contributed by atoms with Gasteiger partial charge in [-0.25, -0.2) is 0 Å². The molecule has 7 nitrogen and oxygen atoms in total. The maximum absolute atomic E-state index is 12.9. The van der Waals surface area contributed by atoms with E-state index in [2.05, 4.69) is 22.0 Å². The molecule has 1 aliphatic carbocycles. The average molecular weight is 368 g/mol. The molecule has 1 saturated carbocycles. The van der Waals surface area contributed by atoms with E-state index in [1.807, 2.05) is 12.1 Å². The largest absolute Gasteiger partial charge is 0.322 e. The van der Waals surface area contributed by atoms with E-state index >= 15 is 0 Å². The minimum atomic E-state index is -0.558. The quantitative estimate of drug-likeness (QED) is 0.665. The maximum Gasteiger partial charge on any atom is 0.255 e. The first-order chi connectivity index (χ1) is 13.1. The molecule has 3 N–H and O–H groups in total. The Kier molecular flexibility index (Phi) is 3.84. The second kappa shape index (κ2) is 6.14. The van der Waals surface area contributed by atoms with Crippen molar-refractivity contribution < 1.29 is 14.4 Å². The molecule has 4 aliphatic rings. The highest BCUT2D eigenvalue weighted by molar-refractivity contribution is 6.05. The lowest BCUT2D eigenvalue weighted by Gasteiger charge is -2.45. The molecule has 3 atom stereocenters. The van der Waals surface area contributed by atoms with E-state index in [-0.39, 0.29) is 29.7 Å². The first kappa shape index (κ1) is 16.9. The molecule has 0 radical (unpaired) electrons. The van der Waals surface area contributed by atoms with Crippen molar-refractivity contribution in [2.24, 2.45) is 5.92 Å². The van der Waals surface area contributed by atoms with Crippen molar-refractivity contribution in [1.29, 1.82) is 0 Å². The van der Waals surface area contributed by atoms with Crippen LogP contribution in [-0.4, -0.2) is 47.3 Å². The molecule has 3 heterocycles. The summed E-state index contributed by atoms with van der Waals surface area (Å²) in [7, 11) is 0. The summed E-state index contributed by atoms with van der Waals surface area (Å²) in [6.07, 6.45) is 3.14. The molecular weight excluding hydrogens is 344 g/mol. The lowest BCUT2D eigenvalue weighted by molar-refractivity contribution is -0.136. The Morgan fingerprint density at radius 2 is 2.11 bits per heavy atom. The fraction of sp³-hybridized carbons (Fsp3) is 0.550. The second-order valence-electron chi connectivity index (χ2n) is 8.22. The molecule has 3 unspecified atom stereocenters. The third-order valence-electron chi connectivity index (χ3n) is 6.86. The summed E-state index contributed by atoms with van der Waals surface area (Å²) in [4.78, 5) is 38.1. The van der Waals surface area contributed by atoms with Crippen LogP contribution in [0.3, 0.4) is 0 Å². The van der Waals surface area contributed by atoms with E-state index in [0.717, 1.165) is 30.8 Å². The van der Waals surface area contributed by atoms with Crippen LogP contribution in [-0.2, 0) is 22.7 Å². The van der Waals surface area contributed by atoms with E-state index < -0.39 is 6.04 Å². The summed E-state index contributed by atoms with van der Waals surface area (Å²) >= 11 is 0. The number of benzene rings is 1. The van der Waals surface area contributed by atoms with Crippen molar-refractivity contribution in [2.75, 3.05) is 13.1 Å². The third kappa shape index (κ3) is 2.60. The van der Waals surface area contributed by atoms with Crippen molar-refractivity contribution in [3.63, 3.8) is 0 Å². The molecule has 5 rings (SSSR count). The van der Waals surface area contributed by atoms with Crippen molar-refractivity contribution in [3.8, 4) is 0 Å². The van der Waals surface area contributed by atoms with Crippen LogP contribution in [0.5, 0.6) is 0 Å². The number of nitrogens with one attached hydrogen (secondary N) is 3. The SMILES string of the molecule is O=C1CCC(N2Cc3c(CNC45CCC4CNC5)cccc3C2=O)C(=O)N1. The Morgan fingerprint density at radius 1 is 1.22 bits per heavy atom. The second-order valence-corrected chi connectivity index (χ2v) is 8.22. The minimum Gasteiger partial charge on any atom is -0.322 e. The molecule has 3 fully saturated rings. The van der Waals surface area contributed by atoms with Crippen LogP contribution >= 0.6 is 0 Å². The van der Waals surface area contributed by atoms with Crippen LogP contribution in [0.2, 0.25) is 0 Å². The first-order valence-electron chi connectivity index (χ1n) is 9.78. The molecule has 3 amide bonds. The number of amides is 3. The van der Waals surface area contributed by atoms with Gasteiger partial charge in [0.05, 0.1) is 0 Å². The van der Waals surface area contributed by atoms with Crippen molar-refractivity contribution in [1.82, 2.24) is 20.9 Å². The Labute approximate surface area is 157 Å². The molecule has 142 valence electrons. The van der Waals surface area contributed by atoms with E-state index in [1.54, 1.807) is 4.90 Å². The van der Waals surface area contributed by atoms with Gasteiger partial charge < -0.3 is 15.5 Å². The van der Waals surface area contributed by atoms with Crippen LogP contribution in [0.4, 0.5) is 0 Å². The molecule has 1 aromatic carbocycles. The summed E-state index contributed by atoms with van der Waals surface area (Å²) in [6, 6.07) is 5.27. The molecule has 3 aliphatic heterocycles. The molecule has 0 spiro atoms. The highest BCUT2D eigenvalue weighted by atomic mass is 16.2. The fourth-order valence-corrected chi connectivity index (χ4v) is 5.08. The number of carbonyl (C=O) groups excluding carboxylic acids is 3. The van der Waals surface area contributed by atoms with Gasteiger partial charge in [0.2, 0.25) is 11.8 Å². The number of hydrogen-bond acceptors (Lipinski definition) is 5. The summed E-state index contributed by atoms with van der Waals surface area (Å²) in [5.41, 5.74) is 3.03. The van der Waals surface area contributed by atoms with Gasteiger partial charge in [-0.2, -0.15) is 0 Å². The van der Waals surface area contributed by atoms with Gasteiger partial charge >= 0.3 is 0 Å². The van der Waals surface area contributed by atoms with Crippen LogP contribution in [0.25, 0.3) is 0 Å². The van der Waals surface area contributed by atoms with Gasteiger partial charge in [0.1, 0.15) is 6.04 Å². The molecule has 7 heteroatoms. The maximum atomic E-state index is 12.9. The van der Waals surface area contributed by atoms with Crippen LogP contribution in [0, 0.1) is 5.92 Å². The number of rotatable bonds is 4. The molecular formula is C20H24N4O3. The van der Waals surface area contributed by atoms with Gasteiger partial charge in [0.25, 0.3) is 5.91 Å². The fourth-order valence-electron chi connectivity index (χ4n) is 5.08. The van der Waals surface area contributed by atoms with Crippen molar-refractivity contribution in [2.45, 2.75) is 50.4 Å². The third-order valence-corrected chi connectivity index (χ3v) is 6.86. The normalized spacial score (nSPS) is 32.1. The zero-order valence-corrected chi connectivity index (χ0v) is 15.2. The lowest BCUT2D eigenvalue weighted by Crippen LogP contribution is -2.57. The van der Waals surface area contributed by atoms with E-state index in [9.17, 15) is 14.4 Å². The van der Waals surface area contributed by atoms with Crippen molar-refractivity contribution >= 4 is 17.7 Å². The number of piperidine rings is 1. The zero-order valence-electron chi connectivity index (χ0n) is 15.2. The van der Waals surface area contributed by atoms with Gasteiger partial charge in [-0.15, -0.1) is 0 Å². The van der Waals surface area contributed by atoms with E-state index in [1.165, 1.54) is 12.8 Å². The lowest BCUT2D eigenvalue weighted by atomic mass is 9.69. The minimum absolute atomic E-state index is 0.108. The summed E-state index contributed by atoms with van der Waals surface area (Å²) in [5.74, 6) is -0.0236. The number of nitrogens with zero attached hydrogens (tertiary/aromatic N) is 1. The van der Waals surface area contributed by atoms with Crippen LogP contribution < -0.4 is 16.0 Å². The van der Waals surface area contributed by atoms with Crippen molar-refractivity contribution in [3.05, 3.63) is 34.9 Å². The van der Waals surface area contributed by atoms with Crippen LogP contribution in [0.1, 0.15) is 47.2 Å². The predicted octanol–water partition coefficient (Wildman–Crippen LogP) is 0.289. The number of imide groups is 1. The van der Waals surface area contributed by atoms with Gasteiger partial charge in [0, 0.05) is 37.2 Å². The molecule has 0 aromatic heterocycles. The average Bonchev–Trinajstić information content (AvgIpc) is 3.11. The zero-order chi connectivity index (χ0) is 18.6. The van der Waals surface area contributed by atoms with E-state index in [0.29, 0.717) is 24.4 Å². The first-order valence-corrected chi connectivity index (χ1v) is 9.78. The summed E-state index contributed by atoms with van der Waals surface area (Å²) in [6.45, 7) is 3.26. The Hall–Kier alpha value is -2.25. The van der Waals surface area contributed by atoms with Gasteiger partial charge in [-0.3, -0.25) is 19.7 Å². The molecule has 2 saturated heterocycles. The van der Waals surface area contributed by atoms with Gasteiger partial charge in [-0.05, 0) is 48.9 Å². The van der Waals surface area contributed by atoms with E-state index in [4.69, 9.17) is 0 Å². The molecule has 27 heavy (non-hydrogen) atoms. The topological polar surface area (TPSA) is 90.5 Å². The smallest absolute Gasteiger partial charge is 0.255 e. The molecule has 1 aromatic rings. The Balaban J connectivity index is 1.35. The number of hydrogen-bond donors (Lipinski definition) is 3. The molecule has 0 bridgehead atoms. The summed E-state index contributed by atoms with van der Waals surface area (Å²) in [5, 5.41) is 9.59. The predicted molar refractivity (Wildman–Crippen MR) is 97.7 cm³/mol. The monoisotopic (exact) mass is 368 g/mol. The number of carbonyl (C=O) groups is 3.